The van der Waals surface area contributed by atoms with Gasteiger partial charge in [-0.15, -0.1) is 0 Å². The van der Waals surface area contributed by atoms with Gasteiger partial charge in [0.25, 0.3) is 0 Å². The lowest BCUT2D eigenvalue weighted by atomic mass is 10.1. The van der Waals surface area contributed by atoms with Gasteiger partial charge in [-0.25, -0.2) is 13.1 Å². The highest BCUT2D eigenvalue weighted by Gasteiger charge is 2.22. The quantitative estimate of drug-likeness (QED) is 0.711. The first kappa shape index (κ1) is 13.3. The molecule has 2 atom stereocenters. The van der Waals surface area contributed by atoms with Crippen LogP contribution in [-0.4, -0.2) is 46.5 Å². The van der Waals surface area contributed by atoms with E-state index in [1.54, 1.807) is 0 Å². The molecule has 2 N–H and O–H groups in total. The van der Waals surface area contributed by atoms with Gasteiger partial charge < -0.3 is 10.1 Å². The minimum Gasteiger partial charge on any atom is -0.381 e. The van der Waals surface area contributed by atoms with Crippen LogP contribution in [0.25, 0.3) is 0 Å². The summed E-state index contributed by atoms with van der Waals surface area (Å²) >= 11 is 0. The van der Waals surface area contributed by atoms with Crippen molar-refractivity contribution in [1.82, 2.24) is 10.0 Å². The molecule has 2 aliphatic heterocycles. The highest BCUT2D eigenvalue weighted by Crippen LogP contribution is 2.15. The Bertz CT molecular complexity index is 320. The largest absolute Gasteiger partial charge is 0.381 e. The Balaban J connectivity index is 1.65. The summed E-state index contributed by atoms with van der Waals surface area (Å²) in [5, 5.41) is 3.21. The molecule has 0 aromatic heterocycles. The van der Waals surface area contributed by atoms with Gasteiger partial charge in [0.1, 0.15) is 0 Å². The molecule has 0 aromatic rings. The lowest BCUT2D eigenvalue weighted by molar-refractivity contribution is 0.184. The van der Waals surface area contributed by atoms with E-state index in [2.05, 4.69) is 10.0 Å². The number of sulfonamides is 1. The van der Waals surface area contributed by atoms with Gasteiger partial charge >= 0.3 is 0 Å². The normalized spacial score (nSPS) is 29.9. The van der Waals surface area contributed by atoms with Gasteiger partial charge in [-0.3, -0.25) is 0 Å². The van der Waals surface area contributed by atoms with E-state index in [0.29, 0.717) is 12.5 Å². The van der Waals surface area contributed by atoms with Crippen molar-refractivity contribution in [2.45, 2.75) is 31.7 Å². The molecule has 5 nitrogen and oxygen atoms in total. The molecule has 0 saturated carbocycles. The topological polar surface area (TPSA) is 67.4 Å². The van der Waals surface area contributed by atoms with E-state index in [1.807, 2.05) is 0 Å². The zero-order chi connectivity index (χ0) is 12.1. The van der Waals surface area contributed by atoms with E-state index in [0.717, 1.165) is 45.4 Å². The molecule has 0 bridgehead atoms. The first-order chi connectivity index (χ1) is 8.16. The molecule has 2 heterocycles. The third-order valence-corrected chi connectivity index (χ3v) is 4.97. The second-order valence-corrected chi connectivity index (χ2v) is 6.84. The van der Waals surface area contributed by atoms with Crippen LogP contribution in [0.2, 0.25) is 0 Å². The lowest BCUT2D eigenvalue weighted by Gasteiger charge is -2.13. The predicted molar refractivity (Wildman–Crippen MR) is 66.4 cm³/mol. The third-order valence-electron chi connectivity index (χ3n) is 3.48. The fourth-order valence-corrected chi connectivity index (χ4v) is 3.81. The first-order valence-corrected chi connectivity index (χ1v) is 8.09. The summed E-state index contributed by atoms with van der Waals surface area (Å²) in [6, 6.07) is 0.141. The van der Waals surface area contributed by atoms with Crippen LogP contribution in [0.1, 0.15) is 25.7 Å². The second kappa shape index (κ2) is 6.13. The molecule has 2 saturated heterocycles. The summed E-state index contributed by atoms with van der Waals surface area (Å²) in [6.07, 6.45) is 4.00. The van der Waals surface area contributed by atoms with Gasteiger partial charge in [0.15, 0.2) is 0 Å². The number of hydrogen-bond donors (Lipinski definition) is 2. The Morgan fingerprint density at radius 2 is 2.24 bits per heavy atom. The van der Waals surface area contributed by atoms with Crippen LogP contribution in [0.15, 0.2) is 0 Å². The van der Waals surface area contributed by atoms with Gasteiger partial charge in [0.05, 0.1) is 5.75 Å². The Hall–Kier alpha value is -0.170. The van der Waals surface area contributed by atoms with E-state index < -0.39 is 10.0 Å². The molecule has 2 aliphatic rings. The third kappa shape index (κ3) is 4.54. The monoisotopic (exact) mass is 262 g/mol. The van der Waals surface area contributed by atoms with Gasteiger partial charge in [-0.1, -0.05) is 0 Å². The van der Waals surface area contributed by atoms with Crippen LogP contribution < -0.4 is 10.0 Å². The maximum absolute atomic E-state index is 11.8. The van der Waals surface area contributed by atoms with E-state index in [-0.39, 0.29) is 11.8 Å². The van der Waals surface area contributed by atoms with Gasteiger partial charge in [-0.05, 0) is 38.1 Å². The van der Waals surface area contributed by atoms with Crippen molar-refractivity contribution in [1.29, 1.82) is 0 Å². The van der Waals surface area contributed by atoms with Crippen molar-refractivity contribution >= 4 is 10.0 Å². The molecule has 2 fully saturated rings. The first-order valence-electron chi connectivity index (χ1n) is 6.44. The SMILES string of the molecule is O=S(=O)(CC1CCCN1)NCCC1CCOC1. The van der Waals surface area contributed by atoms with Gasteiger partial charge in [0.2, 0.25) is 10.0 Å². The molecule has 0 spiro atoms. The number of ether oxygens (including phenoxy) is 1. The average molecular weight is 262 g/mol. The molecule has 6 heteroatoms. The van der Waals surface area contributed by atoms with Crippen molar-refractivity contribution in [3.63, 3.8) is 0 Å². The van der Waals surface area contributed by atoms with Crippen molar-refractivity contribution in [2.24, 2.45) is 5.92 Å². The minimum absolute atomic E-state index is 0.141. The fraction of sp³-hybridized carbons (Fsp3) is 1.00. The van der Waals surface area contributed by atoms with Gasteiger partial charge in [0, 0.05) is 25.8 Å². The molecule has 0 radical (unpaired) electrons. The standard InChI is InChI=1S/C11H22N2O3S/c14-17(15,9-11-2-1-5-12-11)13-6-3-10-4-7-16-8-10/h10-13H,1-9H2. The highest BCUT2D eigenvalue weighted by molar-refractivity contribution is 7.89. The lowest BCUT2D eigenvalue weighted by Crippen LogP contribution is -2.37. The van der Waals surface area contributed by atoms with Crippen molar-refractivity contribution in [2.75, 3.05) is 32.1 Å². The summed E-state index contributed by atoms with van der Waals surface area (Å²) < 4.78 is 31.5. The van der Waals surface area contributed by atoms with Crippen LogP contribution in [0.3, 0.4) is 0 Å². The molecule has 0 amide bonds. The van der Waals surface area contributed by atoms with Crippen LogP contribution in [0.5, 0.6) is 0 Å². The van der Waals surface area contributed by atoms with E-state index >= 15 is 0 Å². The molecule has 0 aromatic carbocycles. The Morgan fingerprint density at radius 3 is 2.88 bits per heavy atom. The van der Waals surface area contributed by atoms with Gasteiger partial charge in [-0.2, -0.15) is 0 Å². The Labute approximate surface area is 103 Å². The summed E-state index contributed by atoms with van der Waals surface area (Å²) in [6.45, 7) is 3.10. The van der Waals surface area contributed by atoms with E-state index in [1.165, 1.54) is 0 Å². The summed E-state index contributed by atoms with van der Waals surface area (Å²) in [5.41, 5.74) is 0. The van der Waals surface area contributed by atoms with Crippen LogP contribution >= 0.6 is 0 Å². The van der Waals surface area contributed by atoms with Crippen LogP contribution in [-0.2, 0) is 14.8 Å². The van der Waals surface area contributed by atoms with Crippen LogP contribution in [0.4, 0.5) is 0 Å². The van der Waals surface area contributed by atoms with E-state index in [4.69, 9.17) is 4.74 Å². The number of nitrogens with one attached hydrogen (secondary N) is 2. The maximum Gasteiger partial charge on any atom is 0.213 e. The highest BCUT2D eigenvalue weighted by atomic mass is 32.2. The zero-order valence-electron chi connectivity index (χ0n) is 10.2. The maximum atomic E-state index is 11.8. The summed E-state index contributed by atoms with van der Waals surface area (Å²) in [4.78, 5) is 0. The van der Waals surface area contributed by atoms with Crippen LogP contribution in [0, 0.1) is 5.92 Å². The molecular weight excluding hydrogens is 240 g/mol. The molecule has 2 unspecified atom stereocenters. The zero-order valence-corrected chi connectivity index (χ0v) is 11.0. The number of hydrogen-bond acceptors (Lipinski definition) is 4. The molecule has 17 heavy (non-hydrogen) atoms. The minimum atomic E-state index is -3.11. The number of rotatable bonds is 6. The predicted octanol–water partition coefficient (Wildman–Crippen LogP) is 0.0844. The fourth-order valence-electron chi connectivity index (χ4n) is 2.45. The van der Waals surface area contributed by atoms with Crippen molar-refractivity contribution < 1.29 is 13.2 Å². The van der Waals surface area contributed by atoms with Crippen molar-refractivity contribution in [3.8, 4) is 0 Å². The van der Waals surface area contributed by atoms with E-state index in [9.17, 15) is 8.42 Å². The molecule has 0 aliphatic carbocycles. The smallest absolute Gasteiger partial charge is 0.213 e. The summed E-state index contributed by atoms with van der Waals surface area (Å²) in [7, 11) is -3.11. The Kier molecular flexibility index (Phi) is 4.78. The average Bonchev–Trinajstić information content (AvgIpc) is 2.89. The molecular formula is C11H22N2O3S. The summed E-state index contributed by atoms with van der Waals surface area (Å²) in [5.74, 6) is 0.746. The molecule has 2 rings (SSSR count). The second-order valence-electron chi connectivity index (χ2n) is 4.99. The van der Waals surface area contributed by atoms with Crippen molar-refractivity contribution in [3.05, 3.63) is 0 Å². The molecule has 100 valence electrons. The Morgan fingerprint density at radius 1 is 1.35 bits per heavy atom.